The van der Waals surface area contributed by atoms with Crippen molar-refractivity contribution in [1.29, 1.82) is 5.26 Å². The van der Waals surface area contributed by atoms with Gasteiger partial charge in [0.05, 0.1) is 33.9 Å². The van der Waals surface area contributed by atoms with Gasteiger partial charge >= 0.3 is 0 Å². The number of imide groups is 1. The Morgan fingerprint density at radius 2 is 0.957 bits per heavy atom. The highest BCUT2D eigenvalue weighted by atomic mass is 35.5. The maximum absolute atomic E-state index is 15.9. The lowest BCUT2D eigenvalue weighted by molar-refractivity contribution is -0.130. The van der Waals surface area contributed by atoms with E-state index in [1.807, 2.05) is 60.7 Å². The number of para-hydroxylation sites is 1. The minimum atomic E-state index is -1.58. The minimum Gasteiger partial charge on any atom is -0.297 e. The maximum atomic E-state index is 15.9. The monoisotopic (exact) mass is 650 g/mol. The van der Waals surface area contributed by atoms with Gasteiger partial charge in [0.2, 0.25) is 11.8 Å². The largest absolute Gasteiger partial charge is 0.297 e. The summed E-state index contributed by atoms with van der Waals surface area (Å²) in [6.07, 6.45) is 0. The lowest BCUT2D eigenvalue weighted by Gasteiger charge is -2.39. The Balaban J connectivity index is 1.57. The first kappa shape index (κ1) is 29.1. The van der Waals surface area contributed by atoms with E-state index in [1.54, 1.807) is 72.8 Å². The molecule has 1 aliphatic heterocycles. The number of ketones is 1. The van der Waals surface area contributed by atoms with Crippen LogP contribution in [0.2, 0.25) is 10.0 Å². The number of fused-ring (bicyclic) bond motifs is 5. The molecule has 5 aromatic carbocycles. The third-order valence-electron chi connectivity index (χ3n) is 9.98. The van der Waals surface area contributed by atoms with Crippen LogP contribution in [-0.4, -0.2) is 17.6 Å². The molecule has 1 heterocycles. The van der Waals surface area contributed by atoms with Gasteiger partial charge in [-0.3, -0.25) is 14.4 Å². The molecule has 8 rings (SSSR count). The van der Waals surface area contributed by atoms with Crippen molar-refractivity contribution in [3.05, 3.63) is 171 Å². The number of amides is 2. The van der Waals surface area contributed by atoms with E-state index in [0.29, 0.717) is 32.3 Å². The Morgan fingerprint density at radius 1 is 0.553 bits per heavy atom. The zero-order chi connectivity index (χ0) is 32.5. The zero-order valence-electron chi connectivity index (χ0n) is 24.7. The van der Waals surface area contributed by atoms with Gasteiger partial charge < -0.3 is 0 Å². The van der Waals surface area contributed by atoms with Gasteiger partial charge in [0.25, 0.3) is 0 Å². The second-order valence-corrected chi connectivity index (χ2v) is 12.9. The minimum absolute atomic E-state index is 0.188. The van der Waals surface area contributed by atoms with Crippen LogP contribution in [-0.2, 0) is 25.2 Å². The van der Waals surface area contributed by atoms with Gasteiger partial charge in [0.1, 0.15) is 6.07 Å². The molecule has 5 nitrogen and oxygen atoms in total. The van der Waals surface area contributed by atoms with Crippen molar-refractivity contribution in [2.24, 2.45) is 11.8 Å². The first-order chi connectivity index (χ1) is 22.9. The van der Waals surface area contributed by atoms with Crippen LogP contribution < -0.4 is 4.90 Å². The summed E-state index contributed by atoms with van der Waals surface area (Å²) >= 11 is 12.8. The topological polar surface area (TPSA) is 78.2 Å². The number of carbonyl (C=O) groups excluding carboxylic acids is 3. The Labute approximate surface area is 281 Å². The summed E-state index contributed by atoms with van der Waals surface area (Å²) in [4.78, 5) is 47.2. The number of carbonyl (C=O) groups is 3. The number of hydrogen-bond acceptors (Lipinski definition) is 4. The smallest absolute Gasteiger partial charge is 0.239 e. The number of rotatable bonds is 5. The van der Waals surface area contributed by atoms with Crippen LogP contribution in [0.15, 0.2) is 133 Å². The number of hydrogen-bond donors (Lipinski definition) is 0. The van der Waals surface area contributed by atoms with Crippen LogP contribution in [0.3, 0.4) is 0 Å². The summed E-state index contributed by atoms with van der Waals surface area (Å²) < 4.78 is 0. The van der Waals surface area contributed by atoms with Gasteiger partial charge in [-0.25, -0.2) is 4.90 Å². The summed E-state index contributed by atoms with van der Waals surface area (Å²) in [5.41, 5.74) is 1.24. The molecule has 0 unspecified atom stereocenters. The van der Waals surface area contributed by atoms with Crippen molar-refractivity contribution >= 4 is 57.6 Å². The van der Waals surface area contributed by atoms with Crippen LogP contribution in [0.1, 0.15) is 27.8 Å². The molecule has 2 aliphatic carbocycles. The normalized spacial score (nSPS) is 24.5. The molecule has 0 radical (unpaired) electrons. The molecule has 1 saturated carbocycles. The van der Waals surface area contributed by atoms with Gasteiger partial charge in [-0.15, -0.1) is 0 Å². The molecule has 5 aromatic rings. The fourth-order valence-corrected chi connectivity index (χ4v) is 8.61. The van der Waals surface area contributed by atoms with Gasteiger partial charge in [-0.1, -0.05) is 120 Å². The average molecular weight is 652 g/mol. The van der Waals surface area contributed by atoms with E-state index >= 15 is 14.4 Å². The van der Waals surface area contributed by atoms with Gasteiger partial charge in [0, 0.05) is 10.0 Å². The Morgan fingerprint density at radius 3 is 1.38 bits per heavy atom. The first-order valence-corrected chi connectivity index (χ1v) is 15.9. The molecular weight excluding hydrogens is 627 g/mol. The fraction of sp³-hybridized carbons (Fsp3) is 0.100. The van der Waals surface area contributed by atoms with Crippen LogP contribution >= 0.6 is 23.2 Å². The fourth-order valence-electron chi connectivity index (χ4n) is 8.36. The predicted molar refractivity (Wildman–Crippen MR) is 182 cm³/mol. The Kier molecular flexibility index (Phi) is 6.59. The molecule has 2 bridgehead atoms. The third-order valence-corrected chi connectivity index (χ3v) is 10.5. The number of nitrogens with zero attached hydrogens (tertiary/aromatic N) is 2. The Bertz CT molecular complexity index is 2060. The average Bonchev–Trinajstić information content (AvgIpc) is 3.61. The van der Waals surface area contributed by atoms with Gasteiger partial charge in [-0.05, 0) is 69.8 Å². The molecule has 47 heavy (non-hydrogen) atoms. The lowest BCUT2D eigenvalue weighted by atomic mass is 9.59. The number of nitriles is 1. The second kappa shape index (κ2) is 10.6. The summed E-state index contributed by atoms with van der Waals surface area (Å²) in [6, 6.07) is 41.9. The van der Waals surface area contributed by atoms with Gasteiger partial charge in [-0.2, -0.15) is 5.26 Å². The molecule has 4 atom stereocenters. The SMILES string of the molecule is N#Cc1ccccc1N1C(=O)[C@@H]2[C@H](C1=O)[C@@]1(c3ccc(Cl)cc3)C(=O)[C@@]2(c2ccc(Cl)cc2)C(c2ccccc2)=C1c1ccccc1. The summed E-state index contributed by atoms with van der Waals surface area (Å²) in [5.74, 6) is -3.54. The molecular formula is C40H24Cl2N2O3. The number of allylic oxidation sites excluding steroid dienone is 2. The van der Waals surface area contributed by atoms with Crippen LogP contribution in [0.4, 0.5) is 5.69 Å². The van der Waals surface area contributed by atoms with E-state index in [-0.39, 0.29) is 17.0 Å². The molecule has 2 amide bonds. The number of benzene rings is 5. The van der Waals surface area contributed by atoms with E-state index in [2.05, 4.69) is 6.07 Å². The van der Waals surface area contributed by atoms with Crippen molar-refractivity contribution in [3.63, 3.8) is 0 Å². The van der Waals surface area contributed by atoms with E-state index < -0.39 is 34.5 Å². The van der Waals surface area contributed by atoms with E-state index in [1.165, 1.54) is 0 Å². The summed E-state index contributed by atoms with van der Waals surface area (Å²) in [6.45, 7) is 0. The van der Waals surface area contributed by atoms with Gasteiger partial charge in [0.15, 0.2) is 5.78 Å². The van der Waals surface area contributed by atoms with Crippen molar-refractivity contribution in [2.75, 3.05) is 4.90 Å². The predicted octanol–water partition coefficient (Wildman–Crippen LogP) is 8.05. The van der Waals surface area contributed by atoms with Crippen molar-refractivity contribution in [2.45, 2.75) is 10.8 Å². The van der Waals surface area contributed by atoms with Crippen molar-refractivity contribution < 1.29 is 14.4 Å². The highest BCUT2D eigenvalue weighted by molar-refractivity contribution is 6.39. The third kappa shape index (κ3) is 3.74. The first-order valence-electron chi connectivity index (χ1n) is 15.2. The molecule has 2 fully saturated rings. The summed E-state index contributed by atoms with van der Waals surface area (Å²) in [7, 11) is 0. The zero-order valence-corrected chi connectivity index (χ0v) is 26.2. The van der Waals surface area contributed by atoms with Crippen molar-refractivity contribution in [1.82, 2.24) is 0 Å². The summed E-state index contributed by atoms with van der Waals surface area (Å²) in [5, 5.41) is 11.0. The van der Waals surface area contributed by atoms with E-state index in [0.717, 1.165) is 16.0 Å². The number of halogens is 2. The quantitative estimate of drug-likeness (QED) is 0.180. The second-order valence-electron chi connectivity index (χ2n) is 12.0. The molecule has 226 valence electrons. The van der Waals surface area contributed by atoms with Crippen LogP contribution in [0.5, 0.6) is 0 Å². The lowest BCUT2D eigenvalue weighted by Crippen LogP contribution is -2.45. The maximum Gasteiger partial charge on any atom is 0.239 e. The number of anilines is 1. The highest BCUT2D eigenvalue weighted by Gasteiger charge is 2.82. The highest BCUT2D eigenvalue weighted by Crippen LogP contribution is 2.74. The standard InChI is InChI=1S/C40H24Cl2N2O3/c41-29-19-15-27(16-20-29)39-32(24-9-3-1-4-10-24)33(25-11-5-2-6-12-25)40(38(39)47,28-17-21-30(42)22-18-28)35-34(39)36(45)44(37(35)46)31-14-8-7-13-26(31)23-43/h1-22,34-35H/t34-,35+,39-,40-/m0/s1. The molecule has 0 spiro atoms. The Hall–Kier alpha value is -5.28. The molecule has 0 aromatic heterocycles. The number of Topliss-reactive ketones (excluding diaryl/α,β-unsaturated/α-hetero) is 1. The van der Waals surface area contributed by atoms with E-state index in [4.69, 9.17) is 23.2 Å². The van der Waals surface area contributed by atoms with Crippen LogP contribution in [0, 0.1) is 23.2 Å². The van der Waals surface area contributed by atoms with Crippen LogP contribution in [0.25, 0.3) is 11.1 Å². The molecule has 7 heteroatoms. The molecule has 0 N–H and O–H groups in total. The molecule has 3 aliphatic rings. The molecule has 1 saturated heterocycles. The van der Waals surface area contributed by atoms with Crippen molar-refractivity contribution in [3.8, 4) is 6.07 Å². The van der Waals surface area contributed by atoms with E-state index in [9.17, 15) is 5.26 Å².